The first-order valence-corrected chi connectivity index (χ1v) is 9.92. The highest BCUT2D eigenvalue weighted by Gasteiger charge is 2.23. The Labute approximate surface area is 151 Å². The molecular weight excluding hydrogens is 346 g/mol. The van der Waals surface area contributed by atoms with Crippen LogP contribution in [0.15, 0.2) is 20.9 Å². The fraction of sp³-hybridized carbons (Fsp3) is 0.667. The molecule has 2 heterocycles. The van der Waals surface area contributed by atoms with Gasteiger partial charge in [-0.3, -0.25) is 4.99 Å². The van der Waals surface area contributed by atoms with E-state index >= 15 is 0 Å². The number of hydrogen-bond donors (Lipinski definition) is 2. The molecule has 0 spiro atoms. The van der Waals surface area contributed by atoms with E-state index in [0.29, 0.717) is 19.1 Å². The first-order valence-electron chi connectivity index (χ1n) is 8.05. The Morgan fingerprint density at radius 3 is 2.96 bits per heavy atom. The lowest BCUT2D eigenvalue weighted by atomic mass is 10.1. The van der Waals surface area contributed by atoms with Crippen molar-refractivity contribution in [3.8, 4) is 0 Å². The van der Waals surface area contributed by atoms with Gasteiger partial charge in [-0.2, -0.15) is 0 Å². The van der Waals surface area contributed by atoms with E-state index in [2.05, 4.69) is 20.6 Å². The second-order valence-electron chi connectivity index (χ2n) is 5.37. The minimum absolute atomic E-state index is 0.242. The highest BCUT2D eigenvalue weighted by Crippen LogP contribution is 2.20. The van der Waals surface area contributed by atoms with Gasteiger partial charge in [0.05, 0.1) is 7.11 Å². The molecule has 0 saturated carbocycles. The fourth-order valence-electron chi connectivity index (χ4n) is 2.44. The van der Waals surface area contributed by atoms with E-state index in [4.69, 9.17) is 4.74 Å². The number of hydrogen-bond acceptors (Lipinski definition) is 6. The number of nitrogens with one attached hydrogen (secondary N) is 2. The van der Waals surface area contributed by atoms with Gasteiger partial charge in [0, 0.05) is 50.1 Å². The van der Waals surface area contributed by atoms with Crippen molar-refractivity contribution in [2.24, 2.45) is 4.99 Å². The maximum Gasteiger partial charge on any atom is 0.409 e. The summed E-state index contributed by atoms with van der Waals surface area (Å²) in [7, 11) is 3.20. The van der Waals surface area contributed by atoms with Gasteiger partial charge in [-0.25, -0.2) is 9.78 Å². The summed E-state index contributed by atoms with van der Waals surface area (Å²) >= 11 is 3.46. The van der Waals surface area contributed by atoms with Crippen LogP contribution in [0.1, 0.15) is 19.3 Å². The van der Waals surface area contributed by atoms with E-state index in [1.54, 1.807) is 35.0 Å². The summed E-state index contributed by atoms with van der Waals surface area (Å²) in [5.74, 6) is 1.86. The molecule has 0 bridgehead atoms. The number of aliphatic imine (C=N–C) groups is 1. The molecule has 1 aliphatic heterocycles. The zero-order valence-corrected chi connectivity index (χ0v) is 15.8. The number of thioether (sulfide) groups is 1. The first-order chi connectivity index (χ1) is 11.7. The highest BCUT2D eigenvalue weighted by atomic mass is 32.2. The number of amides is 1. The number of carbonyl (C=O) groups excluding carboxylic acids is 1. The number of carbonyl (C=O) groups is 1. The molecule has 24 heavy (non-hydrogen) atoms. The fourth-order valence-corrected chi connectivity index (χ4v) is 4.09. The summed E-state index contributed by atoms with van der Waals surface area (Å²) in [5, 5.41) is 8.77. The van der Waals surface area contributed by atoms with Crippen LogP contribution in [0.4, 0.5) is 4.79 Å². The molecule has 1 aromatic heterocycles. The van der Waals surface area contributed by atoms with Gasteiger partial charge in [0.2, 0.25) is 0 Å². The molecule has 1 aliphatic rings. The number of ether oxygens (including phenoxy) is 1. The van der Waals surface area contributed by atoms with Crippen LogP contribution >= 0.6 is 23.1 Å². The van der Waals surface area contributed by atoms with Gasteiger partial charge < -0.3 is 20.3 Å². The third-order valence-electron chi connectivity index (χ3n) is 3.74. The molecule has 1 aromatic rings. The van der Waals surface area contributed by atoms with Crippen molar-refractivity contribution in [1.82, 2.24) is 20.5 Å². The summed E-state index contributed by atoms with van der Waals surface area (Å²) in [6, 6.07) is 0.335. The van der Waals surface area contributed by atoms with Gasteiger partial charge in [-0.1, -0.05) is 11.8 Å². The highest BCUT2D eigenvalue weighted by molar-refractivity contribution is 8.00. The topological polar surface area (TPSA) is 78.9 Å². The Balaban J connectivity index is 1.59. The van der Waals surface area contributed by atoms with Gasteiger partial charge in [0.1, 0.15) is 4.34 Å². The average Bonchev–Trinajstić information content (AvgIpc) is 3.13. The molecule has 0 aromatic carbocycles. The van der Waals surface area contributed by atoms with Crippen molar-refractivity contribution in [3.63, 3.8) is 0 Å². The average molecular weight is 372 g/mol. The van der Waals surface area contributed by atoms with Gasteiger partial charge in [0.15, 0.2) is 5.96 Å². The maximum atomic E-state index is 11.5. The summed E-state index contributed by atoms with van der Waals surface area (Å²) in [5.41, 5.74) is 0. The standard InChI is InChI=1S/C15H25N5O2S2/c1-16-13(17-6-3-10-23-14-18-7-11-24-14)19-12-4-8-20(9-5-12)15(21)22-2/h7,11-12H,3-6,8-10H2,1-2H3,(H2,16,17,19). The smallest absolute Gasteiger partial charge is 0.409 e. The van der Waals surface area contributed by atoms with Gasteiger partial charge in [-0.15, -0.1) is 11.3 Å². The van der Waals surface area contributed by atoms with E-state index in [1.807, 2.05) is 11.6 Å². The normalized spacial score (nSPS) is 16.1. The molecule has 0 aliphatic carbocycles. The lowest BCUT2D eigenvalue weighted by Crippen LogP contribution is -2.49. The molecule has 1 fully saturated rings. The number of thiazole rings is 1. The van der Waals surface area contributed by atoms with Crippen LogP contribution in [0, 0.1) is 0 Å². The van der Waals surface area contributed by atoms with Crippen molar-refractivity contribution >= 4 is 35.2 Å². The first kappa shape index (κ1) is 18.9. The number of piperidine rings is 1. The Kier molecular flexibility index (Phi) is 8.17. The van der Waals surface area contributed by atoms with Crippen molar-refractivity contribution in [2.45, 2.75) is 29.6 Å². The Hall–Kier alpha value is -1.48. The number of likely N-dealkylation sites (tertiary alicyclic amines) is 1. The zero-order chi connectivity index (χ0) is 17.2. The predicted octanol–water partition coefficient (Wildman–Crippen LogP) is 2.02. The molecule has 1 saturated heterocycles. The minimum Gasteiger partial charge on any atom is -0.453 e. The minimum atomic E-state index is -0.242. The lowest BCUT2D eigenvalue weighted by molar-refractivity contribution is 0.111. The van der Waals surface area contributed by atoms with Crippen LogP contribution in [0.2, 0.25) is 0 Å². The van der Waals surface area contributed by atoms with Crippen LogP contribution in [-0.2, 0) is 4.74 Å². The SMILES string of the molecule is CN=C(NCCCSc1nccs1)NC1CCN(C(=O)OC)CC1. The molecule has 0 unspecified atom stereocenters. The number of aromatic nitrogens is 1. The van der Waals surface area contributed by atoms with Gasteiger partial charge in [-0.05, 0) is 19.3 Å². The number of nitrogens with zero attached hydrogens (tertiary/aromatic N) is 3. The Bertz CT molecular complexity index is 516. The van der Waals surface area contributed by atoms with Crippen molar-refractivity contribution < 1.29 is 9.53 Å². The van der Waals surface area contributed by atoms with E-state index < -0.39 is 0 Å². The molecule has 2 rings (SSSR count). The van der Waals surface area contributed by atoms with Crippen LogP contribution in [0.3, 0.4) is 0 Å². The van der Waals surface area contributed by atoms with Crippen LogP contribution in [0.5, 0.6) is 0 Å². The van der Waals surface area contributed by atoms with E-state index in [1.165, 1.54) is 7.11 Å². The van der Waals surface area contributed by atoms with E-state index in [-0.39, 0.29) is 6.09 Å². The summed E-state index contributed by atoms with van der Waals surface area (Å²) in [4.78, 5) is 21.7. The van der Waals surface area contributed by atoms with E-state index in [9.17, 15) is 4.79 Å². The second kappa shape index (κ2) is 10.4. The van der Waals surface area contributed by atoms with Crippen molar-refractivity contribution in [3.05, 3.63) is 11.6 Å². The summed E-state index contributed by atoms with van der Waals surface area (Å²) < 4.78 is 5.88. The second-order valence-corrected chi connectivity index (χ2v) is 7.61. The number of rotatable bonds is 6. The number of methoxy groups -OCH3 is 1. The quantitative estimate of drug-likeness (QED) is 0.345. The van der Waals surface area contributed by atoms with Crippen LogP contribution in [0.25, 0.3) is 0 Å². The van der Waals surface area contributed by atoms with Crippen LogP contribution in [-0.4, -0.2) is 67.5 Å². The van der Waals surface area contributed by atoms with Crippen LogP contribution < -0.4 is 10.6 Å². The molecule has 2 N–H and O–H groups in total. The lowest BCUT2D eigenvalue weighted by Gasteiger charge is -2.32. The number of guanidine groups is 1. The molecule has 0 atom stereocenters. The molecule has 134 valence electrons. The molecule has 7 nitrogen and oxygen atoms in total. The molecule has 1 amide bonds. The Morgan fingerprint density at radius 2 is 2.33 bits per heavy atom. The Morgan fingerprint density at radius 1 is 1.54 bits per heavy atom. The third kappa shape index (κ3) is 6.20. The predicted molar refractivity (Wildman–Crippen MR) is 99.0 cm³/mol. The van der Waals surface area contributed by atoms with Crippen molar-refractivity contribution in [2.75, 3.05) is 39.5 Å². The maximum absolute atomic E-state index is 11.5. The molecule has 0 radical (unpaired) electrons. The monoisotopic (exact) mass is 371 g/mol. The summed E-state index contributed by atoms with van der Waals surface area (Å²) in [6.07, 6.45) is 4.44. The summed E-state index contributed by atoms with van der Waals surface area (Å²) in [6.45, 7) is 2.30. The zero-order valence-electron chi connectivity index (χ0n) is 14.2. The molecular formula is C15H25N5O2S2. The third-order valence-corrected chi connectivity index (χ3v) is 5.79. The van der Waals surface area contributed by atoms with Gasteiger partial charge >= 0.3 is 6.09 Å². The van der Waals surface area contributed by atoms with Crippen molar-refractivity contribution in [1.29, 1.82) is 0 Å². The van der Waals surface area contributed by atoms with E-state index in [0.717, 1.165) is 41.9 Å². The largest absolute Gasteiger partial charge is 0.453 e. The molecule has 9 heteroatoms. The van der Waals surface area contributed by atoms with Gasteiger partial charge in [0.25, 0.3) is 0 Å².